The summed E-state index contributed by atoms with van der Waals surface area (Å²) < 4.78 is 5.66. The van der Waals surface area contributed by atoms with Crippen molar-refractivity contribution in [3.8, 4) is 0 Å². The Morgan fingerprint density at radius 2 is 2.00 bits per heavy atom. The molecule has 0 saturated carbocycles. The molecule has 2 N–H and O–H groups in total. The van der Waals surface area contributed by atoms with Crippen LogP contribution < -0.4 is 5.73 Å². The van der Waals surface area contributed by atoms with Crippen LogP contribution in [0.5, 0.6) is 0 Å². The second-order valence-electron chi connectivity index (χ2n) is 5.39. The Hall–Kier alpha value is -0.120. The zero-order valence-electron chi connectivity index (χ0n) is 11.0. The maximum Gasteiger partial charge on any atom is 0.0990 e. The molecule has 0 amide bonds. The number of ether oxygens (including phenoxy) is 1. The number of hydrogen-bond acceptors (Lipinski definition) is 3. The van der Waals surface area contributed by atoms with Gasteiger partial charge in [-0.2, -0.15) is 0 Å². The minimum Gasteiger partial charge on any atom is -0.366 e. The van der Waals surface area contributed by atoms with Crippen LogP contribution >= 0.6 is 0 Å². The Labute approximate surface area is 100 Å². The molecule has 0 unspecified atom stereocenters. The molecule has 3 heteroatoms. The fourth-order valence-corrected chi connectivity index (χ4v) is 2.23. The molecule has 0 aromatic heterocycles. The first kappa shape index (κ1) is 13.9. The monoisotopic (exact) mass is 228 g/mol. The minimum atomic E-state index is 0.641. The van der Waals surface area contributed by atoms with Gasteiger partial charge in [-0.3, -0.25) is 4.90 Å². The third-order valence-corrected chi connectivity index (χ3v) is 3.25. The van der Waals surface area contributed by atoms with Crippen LogP contribution in [0, 0.1) is 11.8 Å². The lowest BCUT2D eigenvalue weighted by Gasteiger charge is -2.31. The van der Waals surface area contributed by atoms with Gasteiger partial charge in [-0.05, 0) is 44.1 Å². The lowest BCUT2D eigenvalue weighted by atomic mass is 9.92. The van der Waals surface area contributed by atoms with Gasteiger partial charge >= 0.3 is 0 Å². The molecule has 96 valence electrons. The first-order chi connectivity index (χ1) is 7.72. The summed E-state index contributed by atoms with van der Waals surface area (Å²) in [7, 11) is 0. The van der Waals surface area contributed by atoms with E-state index in [1.165, 1.54) is 38.8 Å². The van der Waals surface area contributed by atoms with Crippen LogP contribution in [0.2, 0.25) is 0 Å². The number of nitrogens with two attached hydrogens (primary N) is 1. The molecule has 0 spiro atoms. The summed E-state index contributed by atoms with van der Waals surface area (Å²) in [6, 6.07) is 0. The van der Waals surface area contributed by atoms with E-state index in [0.29, 0.717) is 5.92 Å². The highest BCUT2D eigenvalue weighted by atomic mass is 16.5. The number of likely N-dealkylation sites (tertiary alicyclic amines) is 1. The van der Waals surface area contributed by atoms with Gasteiger partial charge in [0.05, 0.1) is 13.3 Å². The van der Waals surface area contributed by atoms with Crippen molar-refractivity contribution >= 4 is 0 Å². The molecule has 1 aliphatic heterocycles. The second-order valence-corrected chi connectivity index (χ2v) is 5.39. The van der Waals surface area contributed by atoms with Crippen molar-refractivity contribution in [3.63, 3.8) is 0 Å². The van der Waals surface area contributed by atoms with Crippen molar-refractivity contribution in [1.29, 1.82) is 0 Å². The van der Waals surface area contributed by atoms with E-state index in [4.69, 9.17) is 10.5 Å². The van der Waals surface area contributed by atoms with Crippen LogP contribution in [0.25, 0.3) is 0 Å². The zero-order valence-corrected chi connectivity index (χ0v) is 11.0. The molecule has 1 rings (SSSR count). The van der Waals surface area contributed by atoms with E-state index >= 15 is 0 Å². The summed E-state index contributed by atoms with van der Waals surface area (Å²) in [4.78, 5) is 2.43. The highest BCUT2D eigenvalue weighted by molar-refractivity contribution is 4.70. The number of rotatable bonds is 7. The topological polar surface area (TPSA) is 38.5 Å². The largest absolute Gasteiger partial charge is 0.366 e. The van der Waals surface area contributed by atoms with Gasteiger partial charge in [0.1, 0.15) is 0 Å². The molecule has 16 heavy (non-hydrogen) atoms. The molecule has 1 aliphatic rings. The molecule has 1 fully saturated rings. The van der Waals surface area contributed by atoms with E-state index in [-0.39, 0.29) is 0 Å². The molecule has 1 heterocycles. The Balaban J connectivity index is 2.03. The van der Waals surface area contributed by atoms with E-state index in [9.17, 15) is 0 Å². The average Bonchev–Trinajstić information content (AvgIpc) is 2.27. The molecule has 0 aromatic rings. The van der Waals surface area contributed by atoms with Crippen LogP contribution in [0.1, 0.15) is 39.5 Å². The van der Waals surface area contributed by atoms with Gasteiger partial charge in [0.15, 0.2) is 0 Å². The van der Waals surface area contributed by atoms with E-state index in [1.807, 2.05) is 0 Å². The van der Waals surface area contributed by atoms with E-state index in [2.05, 4.69) is 18.7 Å². The van der Waals surface area contributed by atoms with Crippen molar-refractivity contribution in [2.45, 2.75) is 39.5 Å². The third-order valence-electron chi connectivity index (χ3n) is 3.25. The average molecular weight is 228 g/mol. The quantitative estimate of drug-likeness (QED) is 0.725. The van der Waals surface area contributed by atoms with Gasteiger partial charge in [0, 0.05) is 13.1 Å². The van der Waals surface area contributed by atoms with Crippen LogP contribution in [-0.4, -0.2) is 37.9 Å². The standard InChI is InChI=1S/C13H28N2O/c1-12(2)10-16-11-15-8-5-13(6-9-15)4-3-7-14/h12-13H,3-11,14H2,1-2H3. The maximum atomic E-state index is 5.66. The predicted molar refractivity (Wildman–Crippen MR) is 68.2 cm³/mol. The first-order valence-electron chi connectivity index (χ1n) is 6.72. The summed E-state index contributed by atoms with van der Waals surface area (Å²) in [5.74, 6) is 1.55. The van der Waals surface area contributed by atoms with Crippen LogP contribution in [0.15, 0.2) is 0 Å². The molecular weight excluding hydrogens is 200 g/mol. The lowest BCUT2D eigenvalue weighted by Crippen LogP contribution is -2.35. The Kier molecular flexibility index (Phi) is 7.01. The summed E-state index contributed by atoms with van der Waals surface area (Å²) in [6.45, 7) is 9.34. The number of hydrogen-bond donors (Lipinski definition) is 1. The number of nitrogens with zero attached hydrogens (tertiary/aromatic N) is 1. The lowest BCUT2D eigenvalue weighted by molar-refractivity contribution is -0.000382. The molecule has 0 aliphatic carbocycles. The maximum absolute atomic E-state index is 5.66. The highest BCUT2D eigenvalue weighted by Gasteiger charge is 2.18. The highest BCUT2D eigenvalue weighted by Crippen LogP contribution is 2.21. The molecule has 0 aromatic carbocycles. The smallest absolute Gasteiger partial charge is 0.0990 e. The van der Waals surface area contributed by atoms with E-state index < -0.39 is 0 Å². The molecule has 0 atom stereocenters. The minimum absolute atomic E-state index is 0.641. The van der Waals surface area contributed by atoms with Gasteiger partial charge in [0.25, 0.3) is 0 Å². The number of piperidine rings is 1. The van der Waals surface area contributed by atoms with Crippen LogP contribution in [0.3, 0.4) is 0 Å². The summed E-state index contributed by atoms with van der Waals surface area (Å²) in [5.41, 5.74) is 5.54. The Morgan fingerprint density at radius 3 is 2.56 bits per heavy atom. The second kappa shape index (κ2) is 8.04. The first-order valence-corrected chi connectivity index (χ1v) is 6.72. The normalized spacial score (nSPS) is 19.5. The Bertz CT molecular complexity index is 165. The van der Waals surface area contributed by atoms with Crippen molar-refractivity contribution in [3.05, 3.63) is 0 Å². The van der Waals surface area contributed by atoms with Gasteiger partial charge < -0.3 is 10.5 Å². The zero-order chi connectivity index (χ0) is 11.8. The molecule has 3 nitrogen and oxygen atoms in total. The molecule has 0 bridgehead atoms. The summed E-state index contributed by atoms with van der Waals surface area (Å²) in [5, 5.41) is 0. The summed E-state index contributed by atoms with van der Waals surface area (Å²) in [6.07, 6.45) is 5.15. The van der Waals surface area contributed by atoms with Crippen LogP contribution in [0.4, 0.5) is 0 Å². The third kappa shape index (κ3) is 5.83. The van der Waals surface area contributed by atoms with Crippen molar-refractivity contribution in [2.75, 3.05) is 33.0 Å². The fourth-order valence-electron chi connectivity index (χ4n) is 2.23. The molecule has 0 radical (unpaired) electrons. The molecule has 1 saturated heterocycles. The van der Waals surface area contributed by atoms with Crippen molar-refractivity contribution in [2.24, 2.45) is 17.6 Å². The van der Waals surface area contributed by atoms with Gasteiger partial charge in [-0.25, -0.2) is 0 Å². The van der Waals surface area contributed by atoms with Gasteiger partial charge in [-0.1, -0.05) is 13.8 Å². The Morgan fingerprint density at radius 1 is 1.31 bits per heavy atom. The summed E-state index contributed by atoms with van der Waals surface area (Å²) >= 11 is 0. The predicted octanol–water partition coefficient (Wildman–Crippen LogP) is 2.07. The van der Waals surface area contributed by atoms with Gasteiger partial charge in [-0.15, -0.1) is 0 Å². The van der Waals surface area contributed by atoms with Crippen LogP contribution in [-0.2, 0) is 4.74 Å². The van der Waals surface area contributed by atoms with Crippen molar-refractivity contribution in [1.82, 2.24) is 4.90 Å². The van der Waals surface area contributed by atoms with Gasteiger partial charge in [0.2, 0.25) is 0 Å². The fraction of sp³-hybridized carbons (Fsp3) is 1.00. The SMILES string of the molecule is CC(C)COCN1CCC(CCCN)CC1. The van der Waals surface area contributed by atoms with Crippen molar-refractivity contribution < 1.29 is 4.74 Å². The van der Waals surface area contributed by atoms with E-state index in [1.54, 1.807) is 0 Å². The van der Waals surface area contributed by atoms with E-state index in [0.717, 1.165) is 25.8 Å². The molecular formula is C13H28N2O.